The molecular weight excluding hydrogens is 509 g/mol. The molecule has 2 fully saturated rings. The number of nitrogens with one attached hydrogen (secondary N) is 1. The van der Waals surface area contributed by atoms with Gasteiger partial charge in [-0.15, -0.1) is 10.2 Å². The van der Waals surface area contributed by atoms with E-state index in [2.05, 4.69) is 25.4 Å². The van der Waals surface area contributed by atoms with Crippen molar-refractivity contribution in [3.05, 3.63) is 59.4 Å². The number of aryl methyl sites for hydroxylation is 1. The van der Waals surface area contributed by atoms with Gasteiger partial charge in [0.1, 0.15) is 23.5 Å². The maximum Gasteiger partial charge on any atom is 0.433 e. The molecule has 0 aliphatic carbocycles. The normalized spacial score (nSPS) is 19.8. The van der Waals surface area contributed by atoms with E-state index in [1.54, 1.807) is 19.3 Å². The van der Waals surface area contributed by atoms with Gasteiger partial charge in [0, 0.05) is 29.8 Å². The van der Waals surface area contributed by atoms with Gasteiger partial charge in [-0.3, -0.25) is 10.00 Å². The third-order valence-electron chi connectivity index (χ3n) is 7.49. The molecule has 2 saturated heterocycles. The van der Waals surface area contributed by atoms with E-state index in [0.717, 1.165) is 17.5 Å². The maximum atomic E-state index is 13.9. The Morgan fingerprint density at radius 2 is 1.92 bits per heavy atom. The molecule has 0 amide bonds. The van der Waals surface area contributed by atoms with Crippen LogP contribution in [0.25, 0.3) is 22.2 Å². The lowest BCUT2D eigenvalue weighted by Gasteiger charge is -2.42. The number of likely N-dealkylation sites (tertiary alicyclic amines) is 1. The molecule has 4 aromatic rings. The second kappa shape index (κ2) is 8.53. The zero-order valence-corrected chi connectivity index (χ0v) is 20.6. The summed E-state index contributed by atoms with van der Waals surface area (Å²) < 4.78 is 76.0. The first-order valence-electron chi connectivity index (χ1n) is 12.1. The van der Waals surface area contributed by atoms with Crippen LogP contribution in [-0.4, -0.2) is 67.1 Å². The number of hydrogen-bond donors (Lipinski definition) is 1. The lowest BCUT2D eigenvalue weighted by Crippen LogP contribution is -2.56. The number of aromatic nitrogens is 6. The zero-order valence-electron chi connectivity index (χ0n) is 20.6. The van der Waals surface area contributed by atoms with E-state index in [-0.39, 0.29) is 16.5 Å². The maximum absolute atomic E-state index is 13.9. The van der Waals surface area contributed by atoms with Gasteiger partial charge < -0.3 is 9.30 Å². The van der Waals surface area contributed by atoms with Crippen molar-refractivity contribution in [2.75, 3.05) is 26.3 Å². The third kappa shape index (κ3) is 4.13. The third-order valence-corrected chi connectivity index (χ3v) is 7.49. The van der Waals surface area contributed by atoms with Crippen molar-refractivity contribution in [3.8, 4) is 11.3 Å². The molecule has 0 spiro atoms. The molecule has 0 unspecified atom stereocenters. The van der Waals surface area contributed by atoms with Crippen molar-refractivity contribution in [1.29, 1.82) is 0 Å². The number of halogens is 5. The summed E-state index contributed by atoms with van der Waals surface area (Å²) >= 11 is 0. The van der Waals surface area contributed by atoms with Crippen LogP contribution < -0.4 is 0 Å². The molecule has 0 radical (unpaired) electrons. The van der Waals surface area contributed by atoms with Crippen LogP contribution in [0.4, 0.5) is 22.0 Å². The van der Waals surface area contributed by atoms with Crippen LogP contribution >= 0.6 is 0 Å². The molecule has 200 valence electrons. The van der Waals surface area contributed by atoms with Crippen molar-refractivity contribution in [1.82, 2.24) is 34.8 Å². The summed E-state index contributed by atoms with van der Waals surface area (Å²) in [5, 5.41) is 15.6. The molecule has 0 saturated carbocycles. The highest BCUT2D eigenvalue weighted by Gasteiger charge is 2.47. The lowest BCUT2D eigenvalue weighted by molar-refractivity contribution is -0.147. The van der Waals surface area contributed by atoms with Crippen LogP contribution in [-0.2, 0) is 29.8 Å². The van der Waals surface area contributed by atoms with Gasteiger partial charge in [-0.2, -0.15) is 18.3 Å². The highest BCUT2D eigenvalue weighted by atomic mass is 19.4. The fourth-order valence-corrected chi connectivity index (χ4v) is 5.19. The summed E-state index contributed by atoms with van der Waals surface area (Å²) in [5.41, 5.74) is 0.765. The van der Waals surface area contributed by atoms with Gasteiger partial charge in [0.05, 0.1) is 43.6 Å². The Labute approximate surface area is 213 Å². The largest absolute Gasteiger partial charge is 0.433 e. The fraction of sp³-hybridized carbons (Fsp3) is 0.440. The van der Waals surface area contributed by atoms with Crippen LogP contribution in [0.5, 0.6) is 0 Å². The predicted molar refractivity (Wildman–Crippen MR) is 126 cm³/mol. The van der Waals surface area contributed by atoms with E-state index in [0.29, 0.717) is 36.4 Å². The second-order valence-corrected chi connectivity index (χ2v) is 10.2. The number of benzene rings is 1. The van der Waals surface area contributed by atoms with Crippen LogP contribution in [0.1, 0.15) is 35.7 Å². The summed E-state index contributed by atoms with van der Waals surface area (Å²) in [6.07, 6.45) is -2.51. The average Bonchev–Trinajstić information content (AvgIpc) is 3.44. The minimum absolute atomic E-state index is 0.0337. The number of hydrogen-bond acceptors (Lipinski definition) is 6. The number of H-pyrrole nitrogens is 1. The SMILES string of the molecule is C[C@@H](c1nc(C(F)(F)F)cc2c(-c3cccc(C4(Cc5nncn5C)COC4)c3)n[nH]c12)N1CC(F)(F)C1. The number of rotatable bonds is 6. The smallest absolute Gasteiger partial charge is 0.379 e. The van der Waals surface area contributed by atoms with Crippen molar-refractivity contribution < 1.29 is 26.7 Å². The quantitative estimate of drug-likeness (QED) is 0.372. The first kappa shape index (κ1) is 24.9. The van der Waals surface area contributed by atoms with E-state index in [9.17, 15) is 22.0 Å². The number of aromatic amines is 1. The number of ether oxygens (including phenoxy) is 1. The van der Waals surface area contributed by atoms with Crippen molar-refractivity contribution >= 4 is 10.9 Å². The Kier molecular flexibility index (Phi) is 5.58. The molecule has 8 nitrogen and oxygen atoms in total. The molecule has 1 N–H and O–H groups in total. The van der Waals surface area contributed by atoms with Crippen molar-refractivity contribution in [3.63, 3.8) is 0 Å². The highest BCUT2D eigenvalue weighted by Crippen LogP contribution is 2.41. The molecule has 38 heavy (non-hydrogen) atoms. The van der Waals surface area contributed by atoms with E-state index in [1.165, 1.54) is 4.90 Å². The van der Waals surface area contributed by atoms with Gasteiger partial charge in [-0.1, -0.05) is 18.2 Å². The molecule has 3 aromatic heterocycles. The van der Waals surface area contributed by atoms with Crippen LogP contribution in [0.2, 0.25) is 0 Å². The van der Waals surface area contributed by atoms with Crippen LogP contribution in [0.15, 0.2) is 36.7 Å². The number of nitrogens with zero attached hydrogens (tertiary/aromatic N) is 6. The Hall–Kier alpha value is -3.45. The van der Waals surface area contributed by atoms with E-state index < -0.39 is 36.9 Å². The van der Waals surface area contributed by atoms with Gasteiger partial charge in [0.15, 0.2) is 0 Å². The predicted octanol–water partition coefficient (Wildman–Crippen LogP) is 4.29. The topological polar surface area (TPSA) is 84.7 Å². The van der Waals surface area contributed by atoms with Gasteiger partial charge in [-0.25, -0.2) is 13.8 Å². The Balaban J connectivity index is 1.42. The molecule has 13 heteroatoms. The molecule has 2 aliphatic rings. The minimum Gasteiger partial charge on any atom is -0.379 e. The lowest BCUT2D eigenvalue weighted by atomic mass is 9.75. The molecule has 1 aromatic carbocycles. The van der Waals surface area contributed by atoms with Crippen LogP contribution in [0.3, 0.4) is 0 Å². The molecule has 2 aliphatic heterocycles. The summed E-state index contributed by atoms with van der Waals surface area (Å²) in [4.78, 5) is 5.24. The number of pyridine rings is 1. The first-order valence-corrected chi connectivity index (χ1v) is 12.1. The van der Waals surface area contributed by atoms with Crippen molar-refractivity contribution in [2.24, 2.45) is 7.05 Å². The summed E-state index contributed by atoms with van der Waals surface area (Å²) in [6.45, 7) is 1.44. The van der Waals surface area contributed by atoms with Gasteiger partial charge in [0.2, 0.25) is 0 Å². The van der Waals surface area contributed by atoms with Gasteiger partial charge >= 0.3 is 6.18 Å². The van der Waals surface area contributed by atoms with Gasteiger partial charge in [-0.05, 0) is 24.6 Å². The first-order chi connectivity index (χ1) is 18.0. The zero-order chi connectivity index (χ0) is 26.9. The summed E-state index contributed by atoms with van der Waals surface area (Å²) in [6, 6.07) is 7.67. The van der Waals surface area contributed by atoms with E-state index >= 15 is 0 Å². The summed E-state index contributed by atoms with van der Waals surface area (Å²) in [7, 11) is 1.86. The number of alkyl halides is 5. The Morgan fingerprint density at radius 3 is 2.53 bits per heavy atom. The Bertz CT molecular complexity index is 1500. The molecule has 1 atom stereocenters. The standard InChI is InChI=1S/C25H24F5N7O/c1-14(37-9-24(26,27)10-37)20-22-17(7-18(32-20)25(28,29)30)21(34-35-22)15-4-3-5-16(6-15)23(11-38-12-23)8-19-33-31-13-36(19)2/h3-7,13-14H,8-12H2,1-2H3,(H,34,35)/t14-/m0/s1. The average molecular weight is 534 g/mol. The van der Waals surface area contributed by atoms with Crippen molar-refractivity contribution in [2.45, 2.75) is 36.9 Å². The number of fused-ring (bicyclic) bond motifs is 1. The van der Waals surface area contributed by atoms with E-state index in [4.69, 9.17) is 4.74 Å². The Morgan fingerprint density at radius 1 is 1.16 bits per heavy atom. The molecule has 0 bridgehead atoms. The minimum atomic E-state index is -4.72. The summed E-state index contributed by atoms with van der Waals surface area (Å²) in [5.74, 6) is -2.07. The fourth-order valence-electron chi connectivity index (χ4n) is 5.19. The van der Waals surface area contributed by atoms with Gasteiger partial charge in [0.25, 0.3) is 5.92 Å². The molecule has 6 rings (SSSR count). The van der Waals surface area contributed by atoms with Crippen LogP contribution in [0, 0.1) is 0 Å². The molecule has 5 heterocycles. The second-order valence-electron chi connectivity index (χ2n) is 10.2. The molecular formula is C25H24F5N7O. The highest BCUT2D eigenvalue weighted by molar-refractivity contribution is 5.94. The van der Waals surface area contributed by atoms with E-state index in [1.807, 2.05) is 29.8 Å². The monoisotopic (exact) mass is 533 g/mol.